The molecule has 2 atom stereocenters. The van der Waals surface area contributed by atoms with E-state index < -0.39 is 0 Å². The van der Waals surface area contributed by atoms with E-state index in [4.69, 9.17) is 9.47 Å². The molecule has 1 N–H and O–H groups in total. The molecule has 148 valence electrons. The van der Waals surface area contributed by atoms with Gasteiger partial charge in [0.1, 0.15) is 0 Å². The van der Waals surface area contributed by atoms with Gasteiger partial charge in [0.05, 0.1) is 19.3 Å². The van der Waals surface area contributed by atoms with Crippen molar-refractivity contribution in [3.05, 3.63) is 23.8 Å². The SMILES string of the molecule is C[C@H](NC(=O)N1CCC[C@H](N2CCCC2)C1)c1ccc2c(c1)OCCCO2. The first kappa shape index (κ1) is 18.4. The average Bonchev–Trinajstić information content (AvgIpc) is 3.13. The highest BCUT2D eigenvalue weighted by Gasteiger charge is 2.29. The zero-order valence-corrected chi connectivity index (χ0v) is 16.3. The monoisotopic (exact) mass is 373 g/mol. The van der Waals surface area contributed by atoms with Gasteiger partial charge in [0.25, 0.3) is 0 Å². The van der Waals surface area contributed by atoms with Crippen molar-refractivity contribution in [3.8, 4) is 11.5 Å². The highest BCUT2D eigenvalue weighted by molar-refractivity contribution is 5.75. The van der Waals surface area contributed by atoms with Gasteiger partial charge in [0.15, 0.2) is 11.5 Å². The number of urea groups is 1. The lowest BCUT2D eigenvalue weighted by atomic mass is 10.0. The summed E-state index contributed by atoms with van der Waals surface area (Å²) >= 11 is 0. The van der Waals surface area contributed by atoms with E-state index in [0.29, 0.717) is 19.3 Å². The molecular formula is C21H31N3O3. The van der Waals surface area contributed by atoms with E-state index in [1.54, 1.807) is 0 Å². The number of fused-ring (bicyclic) bond motifs is 1. The Balaban J connectivity index is 1.36. The second-order valence-corrected chi connectivity index (χ2v) is 7.91. The van der Waals surface area contributed by atoms with E-state index in [0.717, 1.165) is 43.0 Å². The summed E-state index contributed by atoms with van der Waals surface area (Å²) in [5.41, 5.74) is 1.04. The Morgan fingerprint density at radius 1 is 1.07 bits per heavy atom. The van der Waals surface area contributed by atoms with E-state index in [-0.39, 0.29) is 12.1 Å². The molecule has 4 rings (SSSR count). The van der Waals surface area contributed by atoms with Gasteiger partial charge in [-0.1, -0.05) is 6.07 Å². The fourth-order valence-electron chi connectivity index (χ4n) is 4.35. The Labute approximate surface area is 161 Å². The van der Waals surface area contributed by atoms with Crippen molar-refractivity contribution < 1.29 is 14.3 Å². The number of nitrogens with zero attached hydrogens (tertiary/aromatic N) is 2. The van der Waals surface area contributed by atoms with Gasteiger partial charge in [0.2, 0.25) is 0 Å². The van der Waals surface area contributed by atoms with Crippen LogP contribution in [0.15, 0.2) is 18.2 Å². The highest BCUT2D eigenvalue weighted by atomic mass is 16.5. The molecule has 6 nitrogen and oxygen atoms in total. The van der Waals surface area contributed by atoms with Crippen molar-refractivity contribution in [3.63, 3.8) is 0 Å². The van der Waals surface area contributed by atoms with Crippen LogP contribution in [0, 0.1) is 0 Å². The molecule has 0 aliphatic carbocycles. The minimum Gasteiger partial charge on any atom is -0.490 e. The second kappa shape index (κ2) is 8.38. The van der Waals surface area contributed by atoms with Gasteiger partial charge in [-0.15, -0.1) is 0 Å². The molecule has 1 aromatic rings. The first-order valence-corrected chi connectivity index (χ1v) is 10.4. The Hall–Kier alpha value is -1.95. The van der Waals surface area contributed by atoms with E-state index in [1.807, 2.05) is 30.0 Å². The van der Waals surface area contributed by atoms with Crippen LogP contribution in [0.25, 0.3) is 0 Å². The quantitative estimate of drug-likeness (QED) is 0.884. The van der Waals surface area contributed by atoms with Gasteiger partial charge < -0.3 is 19.7 Å². The van der Waals surface area contributed by atoms with Crippen LogP contribution in [0.4, 0.5) is 4.79 Å². The number of rotatable bonds is 3. The van der Waals surface area contributed by atoms with Crippen molar-refractivity contribution in [1.29, 1.82) is 0 Å². The van der Waals surface area contributed by atoms with E-state index in [1.165, 1.54) is 32.4 Å². The number of hydrogen-bond donors (Lipinski definition) is 1. The summed E-state index contributed by atoms with van der Waals surface area (Å²) in [5, 5.41) is 3.17. The molecule has 0 unspecified atom stereocenters. The maximum atomic E-state index is 12.8. The van der Waals surface area contributed by atoms with Crippen LogP contribution in [0.2, 0.25) is 0 Å². The highest BCUT2D eigenvalue weighted by Crippen LogP contribution is 2.32. The normalized spacial score (nSPS) is 24.3. The zero-order valence-electron chi connectivity index (χ0n) is 16.3. The van der Waals surface area contributed by atoms with Crippen LogP contribution in [0.1, 0.15) is 50.6 Å². The standard InChI is InChI=1S/C21H31N3O3/c1-16(17-7-8-19-20(14-17)27-13-5-12-26-19)22-21(25)24-11-4-6-18(15-24)23-9-2-3-10-23/h7-8,14,16,18H,2-6,9-13,15H2,1H3,(H,22,25)/t16-,18-/m0/s1. The van der Waals surface area contributed by atoms with Crippen molar-refractivity contribution in [1.82, 2.24) is 15.1 Å². The Kier molecular flexibility index (Phi) is 5.72. The summed E-state index contributed by atoms with van der Waals surface area (Å²) in [6, 6.07) is 6.46. The van der Waals surface area contributed by atoms with Crippen LogP contribution in [0.3, 0.4) is 0 Å². The van der Waals surface area contributed by atoms with Gasteiger partial charge in [-0.3, -0.25) is 4.90 Å². The van der Waals surface area contributed by atoms with Crippen molar-refractivity contribution in [2.45, 2.75) is 51.1 Å². The summed E-state index contributed by atoms with van der Waals surface area (Å²) in [7, 11) is 0. The summed E-state index contributed by atoms with van der Waals surface area (Å²) in [6.45, 7) is 7.46. The molecule has 3 aliphatic heterocycles. The first-order valence-electron chi connectivity index (χ1n) is 10.4. The molecule has 0 spiro atoms. The number of hydrogen-bond acceptors (Lipinski definition) is 4. The molecule has 27 heavy (non-hydrogen) atoms. The maximum Gasteiger partial charge on any atom is 0.317 e. The lowest BCUT2D eigenvalue weighted by Crippen LogP contribution is -2.52. The number of amides is 2. The fraction of sp³-hybridized carbons (Fsp3) is 0.667. The van der Waals surface area contributed by atoms with E-state index >= 15 is 0 Å². The lowest BCUT2D eigenvalue weighted by Gasteiger charge is -2.38. The molecule has 3 aliphatic rings. The molecule has 2 fully saturated rings. The van der Waals surface area contributed by atoms with Crippen molar-refractivity contribution in [2.75, 3.05) is 39.4 Å². The van der Waals surface area contributed by atoms with Crippen molar-refractivity contribution >= 4 is 6.03 Å². The van der Waals surface area contributed by atoms with Gasteiger partial charge in [-0.2, -0.15) is 0 Å². The number of carbonyl (C=O) groups excluding carboxylic acids is 1. The topological polar surface area (TPSA) is 54.0 Å². The summed E-state index contributed by atoms with van der Waals surface area (Å²) < 4.78 is 11.5. The minimum absolute atomic E-state index is 0.0403. The second-order valence-electron chi connectivity index (χ2n) is 7.91. The average molecular weight is 373 g/mol. The molecule has 3 heterocycles. The number of piperidine rings is 1. The number of carbonyl (C=O) groups is 1. The van der Waals surface area contributed by atoms with Gasteiger partial charge in [-0.05, 0) is 63.4 Å². The van der Waals surface area contributed by atoms with Gasteiger partial charge in [0, 0.05) is 25.6 Å². The third-order valence-electron chi connectivity index (χ3n) is 5.95. The minimum atomic E-state index is -0.0678. The maximum absolute atomic E-state index is 12.8. The number of benzene rings is 1. The van der Waals surface area contributed by atoms with Crippen LogP contribution in [0.5, 0.6) is 11.5 Å². The molecule has 0 saturated carbocycles. The van der Waals surface area contributed by atoms with E-state index in [9.17, 15) is 4.79 Å². The predicted molar refractivity (Wildman–Crippen MR) is 104 cm³/mol. The summed E-state index contributed by atoms with van der Waals surface area (Å²) in [5.74, 6) is 1.57. The molecule has 0 bridgehead atoms. The molecule has 0 aromatic heterocycles. The summed E-state index contributed by atoms with van der Waals surface area (Å²) in [6.07, 6.45) is 5.78. The molecular weight excluding hydrogens is 342 g/mol. The van der Waals surface area contributed by atoms with Crippen LogP contribution in [-0.2, 0) is 0 Å². The smallest absolute Gasteiger partial charge is 0.317 e. The molecule has 2 saturated heterocycles. The molecule has 6 heteroatoms. The Morgan fingerprint density at radius 2 is 1.85 bits per heavy atom. The van der Waals surface area contributed by atoms with Crippen LogP contribution >= 0.6 is 0 Å². The molecule has 2 amide bonds. The third kappa shape index (κ3) is 4.32. The predicted octanol–water partition coefficient (Wildman–Crippen LogP) is 3.18. The number of nitrogens with one attached hydrogen (secondary N) is 1. The van der Waals surface area contributed by atoms with Crippen LogP contribution < -0.4 is 14.8 Å². The number of ether oxygens (including phenoxy) is 2. The zero-order chi connectivity index (χ0) is 18.6. The Morgan fingerprint density at radius 3 is 2.67 bits per heavy atom. The molecule has 0 radical (unpaired) electrons. The summed E-state index contributed by atoms with van der Waals surface area (Å²) in [4.78, 5) is 17.4. The Bertz CT molecular complexity index is 660. The van der Waals surface area contributed by atoms with Crippen LogP contribution in [-0.4, -0.2) is 61.3 Å². The first-order chi connectivity index (χ1) is 13.2. The molecule has 1 aromatic carbocycles. The van der Waals surface area contributed by atoms with Crippen molar-refractivity contribution in [2.24, 2.45) is 0 Å². The van der Waals surface area contributed by atoms with E-state index in [2.05, 4.69) is 10.2 Å². The largest absolute Gasteiger partial charge is 0.490 e. The van der Waals surface area contributed by atoms with Gasteiger partial charge >= 0.3 is 6.03 Å². The third-order valence-corrected chi connectivity index (χ3v) is 5.95. The fourth-order valence-corrected chi connectivity index (χ4v) is 4.35. The number of likely N-dealkylation sites (tertiary alicyclic amines) is 2. The van der Waals surface area contributed by atoms with Gasteiger partial charge in [-0.25, -0.2) is 4.79 Å². The lowest BCUT2D eigenvalue weighted by molar-refractivity contribution is 0.124.